The zero-order valence-electron chi connectivity index (χ0n) is 16.2. The van der Waals surface area contributed by atoms with Crippen molar-refractivity contribution in [2.45, 2.75) is 110 Å². The number of hydrogen-bond acceptors (Lipinski definition) is 4. The third-order valence-corrected chi connectivity index (χ3v) is 3.99. The van der Waals surface area contributed by atoms with Crippen LogP contribution < -0.4 is 10.0 Å². The molecule has 0 aromatic carbocycles. The Bertz CT molecular complexity index is 253. The standard InChI is InChI=1S/C18H36O2.BHO3.Zn/c1-2-3-4-5-6-7-8-9-10-11-12-13-14-15-16-17-18(19)20;2-1(3)4;/h2-17H2,1H3,(H,19,20);2H;/q;-2;+2. The summed E-state index contributed by atoms with van der Waals surface area (Å²) in [6, 6.07) is 0. The van der Waals surface area contributed by atoms with E-state index < -0.39 is 13.3 Å². The van der Waals surface area contributed by atoms with Crippen LogP contribution in [0.4, 0.5) is 0 Å². The number of carbonyl (C=O) groups is 1. The quantitative estimate of drug-likeness (QED) is 0.301. The first kappa shape index (κ1) is 29.8. The molecule has 0 bridgehead atoms. The van der Waals surface area contributed by atoms with Crippen LogP contribution in [0.25, 0.3) is 0 Å². The van der Waals surface area contributed by atoms with E-state index in [-0.39, 0.29) is 19.5 Å². The third-order valence-electron chi connectivity index (χ3n) is 3.99. The van der Waals surface area contributed by atoms with Gasteiger partial charge in [-0.15, -0.1) is 0 Å². The van der Waals surface area contributed by atoms with Crippen LogP contribution >= 0.6 is 0 Å². The molecule has 0 heterocycles. The second-order valence-corrected chi connectivity index (χ2v) is 6.40. The third kappa shape index (κ3) is 40.2. The molecule has 0 spiro atoms. The molecule has 0 saturated carbocycles. The van der Waals surface area contributed by atoms with E-state index in [0.29, 0.717) is 6.42 Å². The van der Waals surface area contributed by atoms with Gasteiger partial charge in [-0.1, -0.05) is 96.8 Å². The van der Waals surface area contributed by atoms with Crippen LogP contribution in [0.15, 0.2) is 0 Å². The van der Waals surface area contributed by atoms with E-state index in [2.05, 4.69) is 6.92 Å². The van der Waals surface area contributed by atoms with E-state index in [0.717, 1.165) is 12.8 Å². The van der Waals surface area contributed by atoms with Gasteiger partial charge in [0.05, 0.1) is 7.32 Å². The molecule has 5 nitrogen and oxygen atoms in total. The monoisotopic (exact) mass is 408 g/mol. The van der Waals surface area contributed by atoms with E-state index in [1.165, 1.54) is 83.5 Å². The molecule has 7 heteroatoms. The maximum Gasteiger partial charge on any atom is 2.00 e. The number of carboxylic acid groups (broad SMARTS) is 1. The van der Waals surface area contributed by atoms with Crippen molar-refractivity contribution >= 4 is 13.3 Å². The Labute approximate surface area is 167 Å². The van der Waals surface area contributed by atoms with Gasteiger partial charge in [0.25, 0.3) is 0 Å². The van der Waals surface area contributed by atoms with Crippen molar-refractivity contribution in [3.8, 4) is 0 Å². The van der Waals surface area contributed by atoms with Gasteiger partial charge < -0.3 is 20.2 Å². The fourth-order valence-electron chi connectivity index (χ4n) is 2.65. The van der Waals surface area contributed by atoms with Gasteiger partial charge >= 0.3 is 25.4 Å². The summed E-state index contributed by atoms with van der Waals surface area (Å²) >= 11 is 0. The zero-order chi connectivity index (χ0) is 18.5. The minimum atomic E-state index is -2.67. The van der Waals surface area contributed by atoms with Crippen molar-refractivity contribution in [2.24, 2.45) is 0 Å². The summed E-state index contributed by atoms with van der Waals surface area (Å²) in [6.07, 6.45) is 20.2. The molecule has 2 N–H and O–H groups in total. The Kier molecular flexibility index (Phi) is 31.3. The van der Waals surface area contributed by atoms with Gasteiger partial charge in [-0.3, -0.25) is 4.79 Å². The molecule has 0 aliphatic carbocycles. The Balaban J connectivity index is -0.000000867. The van der Waals surface area contributed by atoms with E-state index >= 15 is 0 Å². The minimum absolute atomic E-state index is 0. The van der Waals surface area contributed by atoms with Crippen molar-refractivity contribution in [3.05, 3.63) is 0 Å². The molecular weight excluding hydrogens is 372 g/mol. The SMILES string of the molecule is CCCCCCCCCCCCCCCCCC(=O)O.[O-]B([O-])O.[Zn+2]. The Morgan fingerprint density at radius 1 is 0.720 bits per heavy atom. The molecule has 0 radical (unpaired) electrons. The maximum absolute atomic E-state index is 10.3. The zero-order valence-corrected chi connectivity index (χ0v) is 19.2. The van der Waals surface area contributed by atoms with Crippen molar-refractivity contribution < 1.29 is 44.5 Å². The van der Waals surface area contributed by atoms with Gasteiger partial charge in [0.2, 0.25) is 0 Å². The van der Waals surface area contributed by atoms with Crippen LogP contribution in [-0.4, -0.2) is 23.4 Å². The van der Waals surface area contributed by atoms with Gasteiger partial charge in [-0.05, 0) is 6.42 Å². The van der Waals surface area contributed by atoms with E-state index in [1.54, 1.807) is 0 Å². The second kappa shape index (κ2) is 26.3. The maximum atomic E-state index is 10.3. The fraction of sp³-hybridized carbons (Fsp3) is 0.944. The van der Waals surface area contributed by atoms with E-state index in [4.69, 9.17) is 20.2 Å². The molecule has 0 amide bonds. The average molecular weight is 410 g/mol. The average Bonchev–Trinajstić information content (AvgIpc) is 2.50. The van der Waals surface area contributed by atoms with Gasteiger partial charge in [0.1, 0.15) is 0 Å². The Hall–Kier alpha value is 0.0383. The number of carboxylic acids is 1. The van der Waals surface area contributed by atoms with E-state index in [9.17, 15) is 4.79 Å². The number of hydrogen-bond donors (Lipinski definition) is 2. The van der Waals surface area contributed by atoms with Gasteiger partial charge in [0, 0.05) is 6.42 Å². The number of aliphatic carboxylic acids is 1. The van der Waals surface area contributed by atoms with Gasteiger partial charge in [-0.2, -0.15) is 0 Å². The normalized spacial score (nSPS) is 9.76. The fourth-order valence-corrected chi connectivity index (χ4v) is 2.65. The van der Waals surface area contributed by atoms with Gasteiger partial charge in [-0.25, -0.2) is 0 Å². The first-order valence-corrected chi connectivity index (χ1v) is 9.72. The molecule has 0 atom stereocenters. The smallest absolute Gasteiger partial charge is 0.871 e. The molecule has 0 unspecified atom stereocenters. The summed E-state index contributed by atoms with van der Waals surface area (Å²) < 4.78 is 0. The van der Waals surface area contributed by atoms with Crippen LogP contribution in [0.5, 0.6) is 0 Å². The summed E-state index contributed by atoms with van der Waals surface area (Å²) in [5, 5.41) is 32.5. The summed E-state index contributed by atoms with van der Waals surface area (Å²) in [6.45, 7) is 2.27. The topological polar surface area (TPSA) is 104 Å². The predicted molar refractivity (Wildman–Crippen MR) is 95.2 cm³/mol. The Morgan fingerprint density at radius 2 is 0.960 bits per heavy atom. The van der Waals surface area contributed by atoms with Crippen molar-refractivity contribution in [3.63, 3.8) is 0 Å². The predicted octanol–water partition coefficient (Wildman–Crippen LogP) is 3.01. The van der Waals surface area contributed by atoms with Crippen molar-refractivity contribution in [1.82, 2.24) is 0 Å². The molecule has 0 aliphatic rings. The summed E-state index contributed by atoms with van der Waals surface area (Å²) in [4.78, 5) is 10.3. The molecule has 0 aromatic heterocycles. The van der Waals surface area contributed by atoms with Crippen LogP contribution in [0.3, 0.4) is 0 Å². The van der Waals surface area contributed by atoms with Crippen molar-refractivity contribution in [1.29, 1.82) is 0 Å². The molecule has 0 rings (SSSR count). The molecular formula is C18H37BO5Zn. The van der Waals surface area contributed by atoms with Crippen LogP contribution in [0.1, 0.15) is 110 Å². The minimum Gasteiger partial charge on any atom is -0.871 e. The first-order valence-electron chi connectivity index (χ1n) is 9.72. The molecule has 0 fully saturated rings. The number of rotatable bonds is 16. The number of unbranched alkanes of at least 4 members (excludes halogenated alkanes) is 14. The van der Waals surface area contributed by atoms with E-state index in [1.807, 2.05) is 0 Å². The molecule has 144 valence electrons. The molecule has 0 aliphatic heterocycles. The van der Waals surface area contributed by atoms with Crippen molar-refractivity contribution in [2.75, 3.05) is 0 Å². The second-order valence-electron chi connectivity index (χ2n) is 6.40. The summed E-state index contributed by atoms with van der Waals surface area (Å²) in [5.74, 6) is -0.653. The Morgan fingerprint density at radius 3 is 1.20 bits per heavy atom. The summed E-state index contributed by atoms with van der Waals surface area (Å²) in [5.41, 5.74) is 0. The summed E-state index contributed by atoms with van der Waals surface area (Å²) in [7, 11) is -2.67. The molecule has 25 heavy (non-hydrogen) atoms. The van der Waals surface area contributed by atoms with Crippen LogP contribution in [-0.2, 0) is 24.3 Å². The molecule has 0 saturated heterocycles. The molecule has 0 aromatic rings. The van der Waals surface area contributed by atoms with Gasteiger partial charge in [0.15, 0.2) is 0 Å². The van der Waals surface area contributed by atoms with Crippen LogP contribution in [0, 0.1) is 0 Å². The van der Waals surface area contributed by atoms with Crippen LogP contribution in [0.2, 0.25) is 0 Å². The largest absolute Gasteiger partial charge is 2.00 e. The first-order chi connectivity index (χ1) is 11.5.